The van der Waals surface area contributed by atoms with E-state index in [9.17, 15) is 18.3 Å². The first kappa shape index (κ1) is 18.9. The summed E-state index contributed by atoms with van der Waals surface area (Å²) in [6.45, 7) is 2.16. The third-order valence-corrected chi connectivity index (χ3v) is 6.90. The van der Waals surface area contributed by atoms with Crippen molar-refractivity contribution in [3.8, 4) is 0 Å². The highest BCUT2D eigenvalue weighted by Crippen LogP contribution is 2.35. The molecule has 1 fully saturated rings. The molecule has 1 amide bonds. The minimum absolute atomic E-state index is 0.00242. The number of aliphatic hydroxyl groups is 1. The van der Waals surface area contributed by atoms with Crippen LogP contribution >= 0.6 is 0 Å². The van der Waals surface area contributed by atoms with Gasteiger partial charge in [0.25, 0.3) is 15.9 Å². The summed E-state index contributed by atoms with van der Waals surface area (Å²) in [5, 5.41) is 12.9. The number of hydrogen-bond donors (Lipinski definition) is 2. The summed E-state index contributed by atoms with van der Waals surface area (Å²) in [4.78, 5) is 13.0. The summed E-state index contributed by atoms with van der Waals surface area (Å²) >= 11 is 0. The highest BCUT2D eigenvalue weighted by molar-refractivity contribution is 7.99. The molecule has 2 N–H and O–H groups in total. The Morgan fingerprint density at radius 2 is 1.81 bits per heavy atom. The van der Waals surface area contributed by atoms with E-state index in [0.29, 0.717) is 24.8 Å². The van der Waals surface area contributed by atoms with Crippen molar-refractivity contribution in [3.63, 3.8) is 0 Å². The number of hydrogen-bond acceptors (Lipinski definition) is 5. The minimum atomic E-state index is -3.86. The molecule has 1 aliphatic heterocycles. The Morgan fingerprint density at radius 1 is 1.15 bits per heavy atom. The van der Waals surface area contributed by atoms with Crippen LogP contribution in [0.25, 0.3) is 4.91 Å². The molecular weight excluding hydrogens is 352 g/mol. The summed E-state index contributed by atoms with van der Waals surface area (Å²) in [5.74, 6) is -0.469. The van der Waals surface area contributed by atoms with E-state index in [0.717, 1.165) is 23.6 Å². The van der Waals surface area contributed by atoms with E-state index < -0.39 is 15.9 Å². The lowest BCUT2D eigenvalue weighted by molar-refractivity contribution is -0.122. The molecular formula is C19H26N2O4S. The maximum atomic E-state index is 13.1. The second kappa shape index (κ2) is 7.80. The smallest absolute Gasteiger partial charge is 0.285 e. The second-order valence-corrected chi connectivity index (χ2v) is 8.75. The molecule has 0 saturated heterocycles. The number of nitrogens with one attached hydrogen (secondary N) is 1. The fourth-order valence-electron chi connectivity index (χ4n) is 3.53. The van der Waals surface area contributed by atoms with E-state index in [1.165, 1.54) is 0 Å². The van der Waals surface area contributed by atoms with Crippen molar-refractivity contribution in [2.75, 3.05) is 6.54 Å². The van der Waals surface area contributed by atoms with Gasteiger partial charge in [-0.25, -0.2) is 12.7 Å². The van der Waals surface area contributed by atoms with Crippen molar-refractivity contribution in [2.24, 2.45) is 0 Å². The van der Waals surface area contributed by atoms with Crippen molar-refractivity contribution >= 4 is 20.8 Å². The van der Waals surface area contributed by atoms with Gasteiger partial charge in [0.15, 0.2) is 0 Å². The standard InChI is InChI=1S/C19H26N2O4S/c1-2-3-13-21-19(23)17(20-15-9-11-16(22)12-10-15)18(26(21,24)25)14-7-5-4-6-8-14/h4-8,15-16,20,22H,2-3,9-13H2,1H3. The number of carbonyl (C=O) groups is 1. The number of benzene rings is 1. The van der Waals surface area contributed by atoms with E-state index >= 15 is 0 Å². The first-order valence-electron chi connectivity index (χ1n) is 9.26. The maximum Gasteiger partial charge on any atom is 0.285 e. The molecule has 0 radical (unpaired) electrons. The summed E-state index contributed by atoms with van der Waals surface area (Å²) in [7, 11) is -3.86. The lowest BCUT2D eigenvalue weighted by Crippen LogP contribution is -2.39. The fourth-order valence-corrected chi connectivity index (χ4v) is 5.27. The monoisotopic (exact) mass is 378 g/mol. The predicted molar refractivity (Wildman–Crippen MR) is 100 cm³/mol. The number of nitrogens with zero attached hydrogens (tertiary/aromatic N) is 1. The van der Waals surface area contributed by atoms with Crippen LogP contribution in [0.3, 0.4) is 0 Å². The van der Waals surface area contributed by atoms with Gasteiger partial charge in [-0.05, 0) is 37.7 Å². The Hall–Kier alpha value is -1.86. The molecule has 6 nitrogen and oxygen atoms in total. The maximum absolute atomic E-state index is 13.1. The van der Waals surface area contributed by atoms with Gasteiger partial charge in [-0.15, -0.1) is 0 Å². The summed E-state index contributed by atoms with van der Waals surface area (Å²) in [6.07, 6.45) is 3.89. The SMILES string of the molecule is CCCCN1C(=O)C(NC2CCC(O)CC2)=C(c2ccccc2)S1(=O)=O. The molecule has 0 unspecified atom stereocenters. The number of sulfonamides is 1. The predicted octanol–water partition coefficient (Wildman–Crippen LogP) is 2.22. The molecule has 7 heteroatoms. The van der Waals surface area contributed by atoms with E-state index in [1.807, 2.05) is 13.0 Å². The van der Waals surface area contributed by atoms with Gasteiger partial charge in [-0.2, -0.15) is 0 Å². The Balaban J connectivity index is 1.97. The van der Waals surface area contributed by atoms with Crippen LogP contribution in [0, 0.1) is 0 Å². The van der Waals surface area contributed by atoms with Crippen LogP contribution in [0.4, 0.5) is 0 Å². The van der Waals surface area contributed by atoms with Crippen LogP contribution in [0.2, 0.25) is 0 Å². The van der Waals surface area contributed by atoms with Crippen LogP contribution < -0.4 is 5.32 Å². The molecule has 1 aliphatic carbocycles. The average molecular weight is 378 g/mol. The van der Waals surface area contributed by atoms with Crippen LogP contribution in [0.5, 0.6) is 0 Å². The van der Waals surface area contributed by atoms with E-state index in [-0.39, 0.29) is 29.3 Å². The van der Waals surface area contributed by atoms with Gasteiger partial charge in [-0.3, -0.25) is 4.79 Å². The number of carbonyl (C=O) groups excluding carboxylic acids is 1. The molecule has 0 aromatic heterocycles. The first-order chi connectivity index (χ1) is 12.4. The lowest BCUT2D eigenvalue weighted by Gasteiger charge is -2.27. The molecule has 142 valence electrons. The molecule has 3 rings (SSSR count). The number of amides is 1. The zero-order valence-electron chi connectivity index (χ0n) is 15.0. The van der Waals surface area contributed by atoms with Crippen molar-refractivity contribution < 1.29 is 18.3 Å². The van der Waals surface area contributed by atoms with Crippen molar-refractivity contribution in [2.45, 2.75) is 57.6 Å². The molecule has 2 aliphatic rings. The van der Waals surface area contributed by atoms with E-state index in [1.54, 1.807) is 24.3 Å². The van der Waals surface area contributed by atoms with Gasteiger partial charge >= 0.3 is 0 Å². The van der Waals surface area contributed by atoms with Crippen molar-refractivity contribution in [1.29, 1.82) is 0 Å². The number of aliphatic hydroxyl groups excluding tert-OH is 1. The van der Waals surface area contributed by atoms with Gasteiger partial charge < -0.3 is 10.4 Å². The Labute approximate surface area is 155 Å². The van der Waals surface area contributed by atoms with E-state index in [2.05, 4.69) is 5.32 Å². The Bertz CT molecular complexity index is 781. The Kier molecular flexibility index (Phi) is 5.67. The molecule has 0 atom stereocenters. The molecule has 26 heavy (non-hydrogen) atoms. The topological polar surface area (TPSA) is 86.7 Å². The fraction of sp³-hybridized carbons (Fsp3) is 0.526. The summed E-state index contributed by atoms with van der Waals surface area (Å²) in [5.41, 5.74) is 0.701. The van der Waals surface area contributed by atoms with Gasteiger partial charge in [0.2, 0.25) is 0 Å². The zero-order valence-corrected chi connectivity index (χ0v) is 15.8. The van der Waals surface area contributed by atoms with Gasteiger partial charge in [0, 0.05) is 12.6 Å². The highest BCUT2D eigenvalue weighted by Gasteiger charge is 2.44. The number of unbranched alkanes of at least 4 members (excludes halogenated alkanes) is 1. The van der Waals surface area contributed by atoms with Gasteiger partial charge in [0.1, 0.15) is 10.6 Å². The molecule has 0 spiro atoms. The quantitative estimate of drug-likeness (QED) is 0.793. The minimum Gasteiger partial charge on any atom is -0.393 e. The second-order valence-electron chi connectivity index (χ2n) is 6.96. The molecule has 1 aromatic rings. The van der Waals surface area contributed by atoms with Gasteiger partial charge in [-0.1, -0.05) is 43.7 Å². The van der Waals surface area contributed by atoms with Crippen LogP contribution in [0.1, 0.15) is 51.0 Å². The van der Waals surface area contributed by atoms with E-state index in [4.69, 9.17) is 0 Å². The molecule has 1 saturated carbocycles. The Morgan fingerprint density at radius 3 is 2.42 bits per heavy atom. The normalized spacial score (nSPS) is 25.6. The lowest BCUT2D eigenvalue weighted by atomic mass is 9.93. The first-order valence-corrected chi connectivity index (χ1v) is 10.7. The van der Waals surface area contributed by atoms with Crippen LogP contribution in [-0.2, 0) is 14.8 Å². The number of rotatable bonds is 6. The average Bonchev–Trinajstić information content (AvgIpc) is 2.81. The molecule has 0 bridgehead atoms. The largest absolute Gasteiger partial charge is 0.393 e. The van der Waals surface area contributed by atoms with Gasteiger partial charge in [0.05, 0.1) is 6.10 Å². The van der Waals surface area contributed by atoms with Crippen molar-refractivity contribution in [1.82, 2.24) is 9.62 Å². The summed E-state index contributed by atoms with van der Waals surface area (Å²) < 4.78 is 27.2. The third-order valence-electron chi connectivity index (χ3n) is 5.01. The van der Waals surface area contributed by atoms with Crippen molar-refractivity contribution in [3.05, 3.63) is 41.6 Å². The zero-order chi connectivity index (χ0) is 18.7. The highest BCUT2D eigenvalue weighted by atomic mass is 32.2. The molecule has 1 heterocycles. The molecule has 1 aromatic carbocycles. The van der Waals surface area contributed by atoms with Crippen LogP contribution in [-0.4, -0.2) is 42.4 Å². The third kappa shape index (κ3) is 3.64. The van der Waals surface area contributed by atoms with Crippen LogP contribution in [0.15, 0.2) is 36.0 Å². The summed E-state index contributed by atoms with van der Waals surface area (Å²) in [6, 6.07) is 8.79.